The van der Waals surface area contributed by atoms with Gasteiger partial charge in [-0.2, -0.15) is 5.26 Å². The zero-order valence-electron chi connectivity index (χ0n) is 20.5. The molecule has 2 aliphatic rings. The second-order valence-electron chi connectivity index (χ2n) is 9.68. The number of urea groups is 1. The Morgan fingerprint density at radius 1 is 1.11 bits per heavy atom. The van der Waals surface area contributed by atoms with E-state index in [9.17, 15) is 14.4 Å². The van der Waals surface area contributed by atoms with Gasteiger partial charge in [0.05, 0.1) is 12.5 Å². The minimum Gasteiger partial charge on any atom is -0.334 e. The fraction of sp³-hybridized carbons (Fsp3) is 0.333. The van der Waals surface area contributed by atoms with Gasteiger partial charge in [-0.3, -0.25) is 4.90 Å². The third-order valence-electron chi connectivity index (χ3n) is 7.46. The number of nitrogens with zero attached hydrogens (tertiary/aromatic N) is 2. The smallest absolute Gasteiger partial charge is 0.322 e. The van der Waals surface area contributed by atoms with Crippen LogP contribution in [0.3, 0.4) is 0 Å². The Labute approximate surface area is 216 Å². The molecule has 3 aromatic rings. The molecule has 184 valence electrons. The number of hydrogen-bond donors (Lipinski definition) is 1. The highest BCUT2D eigenvalue weighted by molar-refractivity contribution is 7.99. The van der Waals surface area contributed by atoms with Crippen molar-refractivity contribution in [3.63, 3.8) is 0 Å². The van der Waals surface area contributed by atoms with Crippen molar-refractivity contribution in [1.29, 1.82) is 5.26 Å². The number of rotatable bonds is 6. The summed E-state index contributed by atoms with van der Waals surface area (Å²) >= 11 is 1.80. The largest absolute Gasteiger partial charge is 0.334 e. The van der Waals surface area contributed by atoms with Crippen molar-refractivity contribution in [2.45, 2.75) is 55.9 Å². The first-order chi connectivity index (χ1) is 17.5. The Bertz CT molecular complexity index is 1310. The predicted molar refractivity (Wildman–Crippen MR) is 144 cm³/mol. The number of anilines is 1. The van der Waals surface area contributed by atoms with E-state index in [0.717, 1.165) is 59.4 Å². The zero-order chi connectivity index (χ0) is 25.1. The molecule has 1 N–H and O–H groups in total. The van der Waals surface area contributed by atoms with E-state index < -0.39 is 0 Å². The van der Waals surface area contributed by atoms with Crippen molar-refractivity contribution in [3.05, 3.63) is 83.2 Å². The van der Waals surface area contributed by atoms with Gasteiger partial charge in [0.1, 0.15) is 5.82 Å². The molecule has 1 aliphatic carbocycles. The molecule has 1 heterocycles. The normalized spacial score (nSPS) is 15.6. The molecule has 1 fully saturated rings. The highest BCUT2D eigenvalue weighted by Gasteiger charge is 2.46. The Kier molecular flexibility index (Phi) is 7.02. The van der Waals surface area contributed by atoms with Crippen molar-refractivity contribution < 1.29 is 9.18 Å². The zero-order valence-corrected chi connectivity index (χ0v) is 21.3. The summed E-state index contributed by atoms with van der Waals surface area (Å²) in [4.78, 5) is 16.5. The second kappa shape index (κ2) is 10.4. The van der Waals surface area contributed by atoms with Crippen LogP contribution in [0.2, 0.25) is 0 Å². The van der Waals surface area contributed by atoms with Crippen molar-refractivity contribution in [2.24, 2.45) is 0 Å². The van der Waals surface area contributed by atoms with Crippen LogP contribution in [0.1, 0.15) is 49.3 Å². The number of nitriles is 1. The van der Waals surface area contributed by atoms with Crippen LogP contribution in [0.4, 0.5) is 14.9 Å². The number of carbonyl (C=O) groups is 1. The van der Waals surface area contributed by atoms with E-state index in [4.69, 9.17) is 0 Å². The number of amides is 2. The van der Waals surface area contributed by atoms with Gasteiger partial charge in [-0.05, 0) is 82.8 Å². The molecular formula is C30H30FN3OS. The van der Waals surface area contributed by atoms with Crippen LogP contribution >= 0.6 is 11.8 Å². The van der Waals surface area contributed by atoms with Gasteiger partial charge in [0.2, 0.25) is 0 Å². The average molecular weight is 500 g/mol. The third-order valence-corrected chi connectivity index (χ3v) is 8.35. The minimum atomic E-state index is -0.315. The number of thioether (sulfide) groups is 1. The fourth-order valence-electron chi connectivity index (χ4n) is 5.70. The molecule has 0 atom stereocenters. The lowest BCUT2D eigenvalue weighted by molar-refractivity contribution is 0.245. The molecule has 6 heteroatoms. The van der Waals surface area contributed by atoms with Gasteiger partial charge < -0.3 is 5.32 Å². The number of carbonyl (C=O) groups excluding carboxylic acids is 1. The molecule has 36 heavy (non-hydrogen) atoms. The molecule has 3 aromatic carbocycles. The number of halogens is 1. The molecule has 0 saturated heterocycles. The van der Waals surface area contributed by atoms with Gasteiger partial charge >= 0.3 is 6.03 Å². The van der Waals surface area contributed by atoms with E-state index in [1.165, 1.54) is 22.6 Å². The van der Waals surface area contributed by atoms with Gasteiger partial charge in [0.25, 0.3) is 0 Å². The molecule has 1 saturated carbocycles. The summed E-state index contributed by atoms with van der Waals surface area (Å²) in [7, 11) is 0. The maximum atomic E-state index is 14.1. The summed E-state index contributed by atoms with van der Waals surface area (Å²) in [5.41, 5.74) is 5.58. The third kappa shape index (κ3) is 4.73. The van der Waals surface area contributed by atoms with Gasteiger partial charge in [-0.25, -0.2) is 9.18 Å². The van der Waals surface area contributed by atoms with Crippen LogP contribution in [0.5, 0.6) is 0 Å². The van der Waals surface area contributed by atoms with Crippen molar-refractivity contribution in [3.8, 4) is 17.2 Å². The highest BCUT2D eigenvalue weighted by Crippen LogP contribution is 2.51. The SMILES string of the molecule is CCSc1ccc(CNC(=O)N2CC3(CCCC3)c3cc(-c4cc(F)ccc4CC#N)ccc32)cc1. The van der Waals surface area contributed by atoms with Crippen LogP contribution < -0.4 is 10.2 Å². The monoisotopic (exact) mass is 499 g/mol. The van der Waals surface area contributed by atoms with Gasteiger partial charge in [0, 0.05) is 29.1 Å². The number of hydrogen-bond acceptors (Lipinski definition) is 3. The van der Waals surface area contributed by atoms with Gasteiger partial charge in [0.15, 0.2) is 0 Å². The average Bonchev–Trinajstić information content (AvgIpc) is 3.50. The fourth-order valence-corrected chi connectivity index (χ4v) is 6.36. The van der Waals surface area contributed by atoms with Crippen LogP contribution in [-0.2, 0) is 18.4 Å². The highest BCUT2D eigenvalue weighted by atomic mass is 32.2. The summed E-state index contributed by atoms with van der Waals surface area (Å²) in [6.07, 6.45) is 4.59. The van der Waals surface area contributed by atoms with Crippen LogP contribution in [-0.4, -0.2) is 18.3 Å². The Morgan fingerprint density at radius 3 is 2.61 bits per heavy atom. The predicted octanol–water partition coefficient (Wildman–Crippen LogP) is 7.21. The molecule has 0 bridgehead atoms. The van der Waals surface area contributed by atoms with Crippen LogP contribution in [0.25, 0.3) is 11.1 Å². The van der Waals surface area contributed by atoms with Gasteiger partial charge in [-0.1, -0.05) is 44.0 Å². The van der Waals surface area contributed by atoms with Crippen molar-refractivity contribution >= 4 is 23.5 Å². The first-order valence-electron chi connectivity index (χ1n) is 12.6. The Morgan fingerprint density at radius 2 is 1.89 bits per heavy atom. The van der Waals surface area contributed by atoms with E-state index in [-0.39, 0.29) is 23.7 Å². The minimum absolute atomic E-state index is 0.0651. The first-order valence-corrected chi connectivity index (χ1v) is 13.6. The lowest BCUT2D eigenvalue weighted by Gasteiger charge is -2.25. The summed E-state index contributed by atoms with van der Waals surface area (Å²) < 4.78 is 14.1. The number of fused-ring (bicyclic) bond motifs is 2. The molecule has 0 radical (unpaired) electrons. The number of benzene rings is 3. The number of nitrogens with one attached hydrogen (secondary N) is 1. The van der Waals surface area contributed by atoms with Crippen molar-refractivity contribution in [2.75, 3.05) is 17.2 Å². The summed E-state index contributed by atoms with van der Waals surface area (Å²) in [6, 6.07) is 21.1. The summed E-state index contributed by atoms with van der Waals surface area (Å²) in [6.45, 7) is 3.28. The van der Waals surface area contributed by atoms with Gasteiger partial charge in [-0.15, -0.1) is 11.8 Å². The first kappa shape index (κ1) is 24.4. The molecule has 5 rings (SSSR count). The molecular weight excluding hydrogens is 469 g/mol. The molecule has 1 spiro atoms. The second-order valence-corrected chi connectivity index (χ2v) is 11.0. The van der Waals surface area contributed by atoms with E-state index in [1.807, 2.05) is 17.0 Å². The molecule has 4 nitrogen and oxygen atoms in total. The Hall–Kier alpha value is -3.30. The van der Waals surface area contributed by atoms with Crippen LogP contribution in [0.15, 0.2) is 65.6 Å². The van der Waals surface area contributed by atoms with Crippen molar-refractivity contribution in [1.82, 2.24) is 5.32 Å². The molecule has 1 aliphatic heterocycles. The van der Waals surface area contributed by atoms with Crippen LogP contribution in [0, 0.1) is 17.1 Å². The van der Waals surface area contributed by atoms with E-state index >= 15 is 0 Å². The quantitative estimate of drug-likeness (QED) is 0.365. The standard InChI is InChI=1S/C30H30FN3OS/c1-2-36-25-10-5-21(6-11-25)19-33-29(35)34-20-30(14-3-4-15-30)27-17-23(8-12-28(27)34)26-18-24(31)9-7-22(26)13-16-32/h5-12,17-18H,2-4,13-15,19-20H2,1H3,(H,33,35). The maximum absolute atomic E-state index is 14.1. The maximum Gasteiger partial charge on any atom is 0.322 e. The van der Waals surface area contributed by atoms with E-state index in [0.29, 0.717) is 13.1 Å². The topological polar surface area (TPSA) is 56.1 Å². The lowest BCUT2D eigenvalue weighted by atomic mass is 9.79. The van der Waals surface area contributed by atoms with E-state index in [1.54, 1.807) is 17.8 Å². The molecule has 2 amide bonds. The molecule has 0 unspecified atom stereocenters. The Balaban J connectivity index is 1.42. The summed E-state index contributed by atoms with van der Waals surface area (Å²) in [5.74, 6) is 0.720. The summed E-state index contributed by atoms with van der Waals surface area (Å²) in [5, 5.41) is 12.4. The molecule has 0 aromatic heterocycles. The van der Waals surface area contributed by atoms with E-state index in [2.05, 4.69) is 48.6 Å². The lowest BCUT2D eigenvalue weighted by Crippen LogP contribution is -2.41.